The quantitative estimate of drug-likeness (QED) is 0.384. The predicted octanol–water partition coefficient (Wildman–Crippen LogP) is 4.15. The monoisotopic (exact) mass is 425 g/mol. The third kappa shape index (κ3) is 4.74. The van der Waals surface area contributed by atoms with E-state index in [2.05, 4.69) is 20.5 Å². The van der Waals surface area contributed by atoms with E-state index >= 15 is 0 Å². The summed E-state index contributed by atoms with van der Waals surface area (Å²) in [5.41, 5.74) is 2.73. The van der Waals surface area contributed by atoms with Crippen LogP contribution in [0.3, 0.4) is 0 Å². The second-order valence-corrected chi connectivity index (χ2v) is 7.47. The highest BCUT2D eigenvalue weighted by molar-refractivity contribution is 7.08. The number of hydrogen-bond acceptors (Lipinski definition) is 7. The van der Waals surface area contributed by atoms with Gasteiger partial charge in [-0.1, -0.05) is 12.1 Å². The van der Waals surface area contributed by atoms with Gasteiger partial charge in [-0.05, 0) is 36.9 Å². The number of nitrogens with zero attached hydrogens (tertiary/aromatic N) is 4. The van der Waals surface area contributed by atoms with Crippen LogP contribution in [0.25, 0.3) is 22.5 Å². The number of ether oxygens (including phenoxy) is 1. The van der Waals surface area contributed by atoms with Gasteiger partial charge in [-0.2, -0.15) is 11.3 Å². The minimum atomic E-state index is -0.147. The largest absolute Gasteiger partial charge is 0.421 e. The molecule has 30 heavy (non-hydrogen) atoms. The molecule has 8 nitrogen and oxygen atoms in total. The first-order chi connectivity index (χ1) is 14.7. The Kier molecular flexibility index (Phi) is 6.50. The van der Waals surface area contributed by atoms with E-state index < -0.39 is 0 Å². The zero-order valence-corrected chi connectivity index (χ0v) is 17.5. The third-order valence-corrected chi connectivity index (χ3v) is 5.26. The molecule has 1 amide bonds. The molecule has 1 aromatic carbocycles. The lowest BCUT2D eigenvalue weighted by atomic mass is 10.3. The predicted molar refractivity (Wildman–Crippen MR) is 115 cm³/mol. The van der Waals surface area contributed by atoms with Gasteiger partial charge in [0.15, 0.2) is 0 Å². The number of carbonyl (C=O) groups excluding carboxylic acids is 1. The number of anilines is 1. The minimum absolute atomic E-state index is 0.147. The summed E-state index contributed by atoms with van der Waals surface area (Å²) in [7, 11) is 0. The Morgan fingerprint density at radius 3 is 3.00 bits per heavy atom. The maximum atomic E-state index is 12.5. The highest BCUT2D eigenvalue weighted by Gasteiger charge is 2.15. The molecule has 0 spiro atoms. The van der Waals surface area contributed by atoms with E-state index in [-0.39, 0.29) is 12.3 Å². The van der Waals surface area contributed by atoms with Gasteiger partial charge >= 0.3 is 0 Å². The fraction of sp³-hybridized carbons (Fsp3) is 0.333. The summed E-state index contributed by atoms with van der Waals surface area (Å²) in [4.78, 5) is 17.1. The molecule has 0 bridgehead atoms. The number of nitrogens with one attached hydrogen (secondary N) is 1. The van der Waals surface area contributed by atoms with Crippen LogP contribution >= 0.6 is 11.3 Å². The van der Waals surface area contributed by atoms with Crippen LogP contribution in [-0.4, -0.2) is 38.9 Å². The van der Waals surface area contributed by atoms with Crippen molar-refractivity contribution in [2.75, 3.05) is 18.5 Å². The number of thiophene rings is 1. The lowest BCUT2D eigenvalue weighted by Gasteiger charge is -2.10. The van der Waals surface area contributed by atoms with E-state index in [1.165, 1.54) is 0 Å². The number of rotatable bonds is 10. The van der Waals surface area contributed by atoms with Crippen LogP contribution in [-0.2, 0) is 22.5 Å². The van der Waals surface area contributed by atoms with Crippen LogP contribution in [0.4, 0.5) is 5.95 Å². The van der Waals surface area contributed by atoms with Gasteiger partial charge in [0.05, 0.1) is 11.0 Å². The number of imidazole rings is 1. The van der Waals surface area contributed by atoms with Gasteiger partial charge in [0.2, 0.25) is 23.6 Å². The molecule has 0 aliphatic rings. The van der Waals surface area contributed by atoms with Crippen LogP contribution in [0.1, 0.15) is 25.7 Å². The molecule has 9 heteroatoms. The summed E-state index contributed by atoms with van der Waals surface area (Å²) in [5, 5.41) is 14.9. The van der Waals surface area contributed by atoms with E-state index in [4.69, 9.17) is 9.15 Å². The molecule has 1 N–H and O–H groups in total. The Morgan fingerprint density at radius 2 is 2.17 bits per heavy atom. The van der Waals surface area contributed by atoms with Crippen molar-refractivity contribution in [3.8, 4) is 11.5 Å². The molecule has 3 heterocycles. The zero-order chi connectivity index (χ0) is 20.8. The Morgan fingerprint density at radius 1 is 1.27 bits per heavy atom. The first-order valence-electron chi connectivity index (χ1n) is 9.92. The van der Waals surface area contributed by atoms with Crippen molar-refractivity contribution in [3.05, 3.63) is 47.0 Å². The number of aromatic nitrogens is 4. The van der Waals surface area contributed by atoms with Crippen molar-refractivity contribution in [1.82, 2.24) is 19.7 Å². The van der Waals surface area contributed by atoms with Gasteiger partial charge in [-0.3, -0.25) is 10.1 Å². The van der Waals surface area contributed by atoms with Crippen LogP contribution < -0.4 is 5.32 Å². The Bertz CT molecular complexity index is 1100. The Hall–Kier alpha value is -3.04. The molecule has 156 valence electrons. The maximum Gasteiger partial charge on any atom is 0.248 e. The molecule has 4 rings (SSSR count). The molecule has 0 aliphatic heterocycles. The number of amides is 1. The molecule has 0 unspecified atom stereocenters. The van der Waals surface area contributed by atoms with Gasteiger partial charge in [-0.25, -0.2) is 4.98 Å². The van der Waals surface area contributed by atoms with Crippen molar-refractivity contribution < 1.29 is 13.9 Å². The van der Waals surface area contributed by atoms with E-state index in [9.17, 15) is 4.79 Å². The zero-order valence-electron chi connectivity index (χ0n) is 16.7. The molecule has 0 saturated carbocycles. The third-order valence-electron chi connectivity index (χ3n) is 4.58. The van der Waals surface area contributed by atoms with Gasteiger partial charge in [0.1, 0.15) is 0 Å². The van der Waals surface area contributed by atoms with Crippen molar-refractivity contribution >= 4 is 34.2 Å². The number of carbonyl (C=O) groups is 1. The Labute approximate surface area is 177 Å². The first-order valence-corrected chi connectivity index (χ1v) is 10.9. The SMILES string of the molecule is CCOCCCn1c(NC(=O)CCc2nnc(-c3ccsc3)o2)nc2ccccc21. The molecule has 0 radical (unpaired) electrons. The molecule has 0 atom stereocenters. The standard InChI is InChI=1S/C21H23N5O3S/c1-2-28-12-5-11-26-17-7-4-3-6-16(17)22-21(26)23-18(27)8-9-19-24-25-20(29-19)15-10-13-30-14-15/h3-4,6-7,10,13-14H,2,5,8-9,11-12H2,1H3,(H,22,23,27). The lowest BCUT2D eigenvalue weighted by molar-refractivity contribution is -0.116. The van der Waals surface area contributed by atoms with E-state index in [1.807, 2.05) is 52.6 Å². The average Bonchev–Trinajstić information content (AvgIpc) is 3.49. The van der Waals surface area contributed by atoms with Crippen LogP contribution in [0.5, 0.6) is 0 Å². The summed E-state index contributed by atoms with van der Waals surface area (Å²) in [6, 6.07) is 9.77. The highest BCUT2D eigenvalue weighted by Crippen LogP contribution is 2.22. The molecule has 0 aliphatic carbocycles. The molecule has 3 aromatic heterocycles. The van der Waals surface area contributed by atoms with Crippen LogP contribution in [0, 0.1) is 0 Å². The van der Waals surface area contributed by atoms with Crippen LogP contribution in [0.15, 0.2) is 45.5 Å². The number of benzene rings is 1. The average molecular weight is 426 g/mol. The van der Waals surface area contributed by atoms with Crippen molar-refractivity contribution in [2.45, 2.75) is 32.7 Å². The lowest BCUT2D eigenvalue weighted by Crippen LogP contribution is -2.17. The van der Waals surface area contributed by atoms with Crippen LogP contribution in [0.2, 0.25) is 0 Å². The molecule has 0 saturated heterocycles. The topological polar surface area (TPSA) is 95.1 Å². The van der Waals surface area contributed by atoms with E-state index in [0.717, 1.165) is 23.0 Å². The highest BCUT2D eigenvalue weighted by atomic mass is 32.1. The molecular formula is C21H23N5O3S. The van der Waals surface area contributed by atoms with Gasteiger partial charge in [0.25, 0.3) is 0 Å². The number of para-hydroxylation sites is 2. The van der Waals surface area contributed by atoms with Gasteiger partial charge in [0, 0.05) is 43.5 Å². The summed E-state index contributed by atoms with van der Waals surface area (Å²) < 4.78 is 13.1. The summed E-state index contributed by atoms with van der Waals surface area (Å²) >= 11 is 1.57. The Balaban J connectivity index is 1.40. The summed E-state index contributed by atoms with van der Waals surface area (Å²) in [6.07, 6.45) is 1.44. The van der Waals surface area contributed by atoms with E-state index in [1.54, 1.807) is 11.3 Å². The fourth-order valence-electron chi connectivity index (χ4n) is 3.13. The second kappa shape index (κ2) is 9.64. The van der Waals surface area contributed by atoms with Crippen molar-refractivity contribution in [3.63, 3.8) is 0 Å². The maximum absolute atomic E-state index is 12.5. The number of aryl methyl sites for hydroxylation is 2. The summed E-state index contributed by atoms with van der Waals surface area (Å²) in [5.74, 6) is 1.31. The smallest absolute Gasteiger partial charge is 0.248 e. The van der Waals surface area contributed by atoms with Gasteiger partial charge < -0.3 is 13.7 Å². The fourth-order valence-corrected chi connectivity index (χ4v) is 3.76. The molecular weight excluding hydrogens is 402 g/mol. The van der Waals surface area contributed by atoms with Crippen molar-refractivity contribution in [2.24, 2.45) is 0 Å². The minimum Gasteiger partial charge on any atom is -0.421 e. The second-order valence-electron chi connectivity index (χ2n) is 6.69. The van der Waals surface area contributed by atoms with Crippen molar-refractivity contribution in [1.29, 1.82) is 0 Å². The summed E-state index contributed by atoms with van der Waals surface area (Å²) in [6.45, 7) is 4.05. The normalized spacial score (nSPS) is 11.2. The molecule has 4 aromatic rings. The van der Waals surface area contributed by atoms with E-state index in [0.29, 0.717) is 43.9 Å². The first kappa shape index (κ1) is 20.2. The molecule has 0 fully saturated rings. The number of fused-ring (bicyclic) bond motifs is 1. The number of hydrogen-bond donors (Lipinski definition) is 1. The van der Waals surface area contributed by atoms with Gasteiger partial charge in [-0.15, -0.1) is 10.2 Å².